The van der Waals surface area contributed by atoms with E-state index in [9.17, 15) is 14.7 Å². The highest BCUT2D eigenvalue weighted by Crippen LogP contribution is 2.48. The zero-order chi connectivity index (χ0) is 20.5. The number of pyridine rings is 2. The molecular formula is C19H16ClN5O3S. The third kappa shape index (κ3) is 3.62. The first-order valence-corrected chi connectivity index (χ1v) is 9.97. The van der Waals surface area contributed by atoms with Crippen LogP contribution in [0.1, 0.15) is 40.1 Å². The largest absolute Gasteiger partial charge is 0.478 e. The molecule has 3 aromatic heterocycles. The van der Waals surface area contributed by atoms with E-state index in [-0.39, 0.29) is 17.1 Å². The molecule has 2 atom stereocenters. The quantitative estimate of drug-likeness (QED) is 0.513. The number of primary amides is 1. The van der Waals surface area contributed by atoms with Gasteiger partial charge in [-0.15, -0.1) is 0 Å². The lowest BCUT2D eigenvalue weighted by Crippen LogP contribution is -2.35. The Morgan fingerprint density at radius 2 is 2.10 bits per heavy atom. The molecule has 0 spiro atoms. The molecule has 29 heavy (non-hydrogen) atoms. The molecule has 0 aliphatic carbocycles. The maximum atomic E-state index is 11.9. The number of nitrogens with zero attached hydrogens (tertiary/aromatic N) is 3. The van der Waals surface area contributed by atoms with Crippen molar-refractivity contribution in [2.75, 3.05) is 10.2 Å². The summed E-state index contributed by atoms with van der Waals surface area (Å²) in [6.45, 7) is 0. The van der Waals surface area contributed by atoms with Gasteiger partial charge in [0.2, 0.25) is 5.91 Å². The number of amides is 1. The minimum Gasteiger partial charge on any atom is -0.478 e. The van der Waals surface area contributed by atoms with Gasteiger partial charge in [-0.3, -0.25) is 4.79 Å². The van der Waals surface area contributed by atoms with E-state index in [0.29, 0.717) is 17.1 Å². The van der Waals surface area contributed by atoms with Crippen LogP contribution in [0.3, 0.4) is 0 Å². The summed E-state index contributed by atoms with van der Waals surface area (Å²) in [5.74, 6) is -1.19. The highest BCUT2D eigenvalue weighted by Gasteiger charge is 2.40. The van der Waals surface area contributed by atoms with Gasteiger partial charge in [0, 0.05) is 18.0 Å². The second-order valence-corrected chi connectivity index (χ2v) is 7.64. The number of carbonyl (C=O) groups is 2. The van der Waals surface area contributed by atoms with Crippen molar-refractivity contribution < 1.29 is 14.7 Å². The van der Waals surface area contributed by atoms with Crippen molar-refractivity contribution in [2.24, 2.45) is 5.73 Å². The molecule has 1 amide bonds. The number of aromatic nitrogens is 2. The Morgan fingerprint density at radius 3 is 2.76 bits per heavy atom. The van der Waals surface area contributed by atoms with Crippen molar-refractivity contribution in [2.45, 2.75) is 18.6 Å². The van der Waals surface area contributed by atoms with Gasteiger partial charge in [0.05, 0.1) is 23.7 Å². The summed E-state index contributed by atoms with van der Waals surface area (Å²) in [7, 11) is 0. The molecule has 10 heteroatoms. The molecule has 0 saturated carbocycles. The van der Waals surface area contributed by atoms with E-state index < -0.39 is 24.1 Å². The molecule has 1 aliphatic heterocycles. The van der Waals surface area contributed by atoms with Crippen LogP contribution in [0.2, 0.25) is 5.15 Å². The summed E-state index contributed by atoms with van der Waals surface area (Å²) in [6.07, 6.45) is 2.50. The fourth-order valence-corrected chi connectivity index (χ4v) is 4.39. The molecule has 0 fully saturated rings. The number of nitrogens with one attached hydrogen (secondary N) is 1. The molecular weight excluding hydrogens is 414 g/mol. The average molecular weight is 430 g/mol. The fourth-order valence-electron chi connectivity index (χ4n) is 3.52. The predicted molar refractivity (Wildman–Crippen MR) is 110 cm³/mol. The SMILES string of the molecule is NC(=O)CC(c1ccnc(Cl)c1)N1c2c(C(=O)O)ccnc2NC1c1ccsc1. The monoisotopic (exact) mass is 429 g/mol. The van der Waals surface area contributed by atoms with Gasteiger partial charge < -0.3 is 21.1 Å². The second kappa shape index (κ2) is 7.69. The highest BCUT2D eigenvalue weighted by molar-refractivity contribution is 7.08. The summed E-state index contributed by atoms with van der Waals surface area (Å²) in [5, 5.41) is 17.2. The summed E-state index contributed by atoms with van der Waals surface area (Å²) in [6, 6.07) is 6.18. The molecule has 0 aromatic carbocycles. The minimum absolute atomic E-state index is 0.0456. The topological polar surface area (TPSA) is 121 Å². The Bertz CT molecular complexity index is 1080. The van der Waals surface area contributed by atoms with Crippen LogP contribution < -0.4 is 16.0 Å². The number of anilines is 2. The number of rotatable bonds is 6. The van der Waals surface area contributed by atoms with Crippen LogP contribution in [0.4, 0.5) is 11.5 Å². The molecule has 0 bridgehead atoms. The van der Waals surface area contributed by atoms with E-state index in [1.165, 1.54) is 29.8 Å². The molecule has 1 aliphatic rings. The van der Waals surface area contributed by atoms with Gasteiger partial charge in [-0.25, -0.2) is 14.8 Å². The zero-order valence-electron chi connectivity index (χ0n) is 14.9. The summed E-state index contributed by atoms with van der Waals surface area (Å²) >= 11 is 7.60. The molecule has 4 rings (SSSR count). The van der Waals surface area contributed by atoms with Gasteiger partial charge in [-0.1, -0.05) is 11.6 Å². The number of aromatic carboxylic acids is 1. The molecule has 0 radical (unpaired) electrons. The Hall–Kier alpha value is -3.17. The number of fused-ring (bicyclic) bond motifs is 1. The molecule has 3 aromatic rings. The number of carboxylic acid groups (broad SMARTS) is 1. The predicted octanol–water partition coefficient (Wildman–Crippen LogP) is 3.44. The number of hydrogen-bond acceptors (Lipinski definition) is 7. The fraction of sp³-hybridized carbons (Fsp3) is 0.158. The Labute approximate surface area is 175 Å². The van der Waals surface area contributed by atoms with E-state index in [2.05, 4.69) is 15.3 Å². The molecule has 4 N–H and O–H groups in total. The van der Waals surface area contributed by atoms with Crippen molar-refractivity contribution >= 4 is 46.3 Å². The summed E-state index contributed by atoms with van der Waals surface area (Å²) in [4.78, 5) is 34.0. The van der Waals surface area contributed by atoms with Crippen molar-refractivity contribution in [3.05, 3.63) is 69.3 Å². The van der Waals surface area contributed by atoms with Crippen LogP contribution in [0.15, 0.2) is 47.4 Å². The number of halogens is 1. The first-order valence-electron chi connectivity index (χ1n) is 8.64. The van der Waals surface area contributed by atoms with Gasteiger partial charge in [0.15, 0.2) is 5.82 Å². The van der Waals surface area contributed by atoms with Gasteiger partial charge >= 0.3 is 5.97 Å². The van der Waals surface area contributed by atoms with E-state index >= 15 is 0 Å². The van der Waals surface area contributed by atoms with Crippen LogP contribution in [-0.2, 0) is 4.79 Å². The highest BCUT2D eigenvalue weighted by atomic mass is 35.5. The van der Waals surface area contributed by atoms with E-state index in [0.717, 1.165) is 5.56 Å². The van der Waals surface area contributed by atoms with Gasteiger partial charge in [0.1, 0.15) is 11.3 Å². The van der Waals surface area contributed by atoms with Crippen molar-refractivity contribution in [3.8, 4) is 0 Å². The molecule has 0 saturated heterocycles. The third-order valence-corrected chi connectivity index (χ3v) is 5.60. The Balaban J connectivity index is 1.92. The standard InChI is InChI=1S/C19H16ClN5O3S/c20-14-7-10(1-4-22-14)13(8-15(21)26)25-16-12(19(27)28)2-5-23-17(16)24-18(25)11-3-6-29-9-11/h1-7,9,13,18H,8H2,(H2,21,26)(H,23,24)(H,27,28). The lowest BCUT2D eigenvalue weighted by molar-refractivity contribution is -0.118. The second-order valence-electron chi connectivity index (χ2n) is 6.47. The van der Waals surface area contributed by atoms with E-state index in [1.807, 2.05) is 21.7 Å². The number of thiophene rings is 1. The molecule has 4 heterocycles. The van der Waals surface area contributed by atoms with Crippen LogP contribution >= 0.6 is 22.9 Å². The first kappa shape index (κ1) is 19.2. The van der Waals surface area contributed by atoms with Gasteiger partial charge in [0.25, 0.3) is 0 Å². The van der Waals surface area contributed by atoms with E-state index in [1.54, 1.807) is 12.1 Å². The molecule has 148 valence electrons. The maximum Gasteiger partial charge on any atom is 0.338 e. The van der Waals surface area contributed by atoms with Gasteiger partial charge in [-0.2, -0.15) is 11.3 Å². The summed E-state index contributed by atoms with van der Waals surface area (Å²) in [5.41, 5.74) is 7.64. The lowest BCUT2D eigenvalue weighted by atomic mass is 10.00. The third-order valence-electron chi connectivity index (χ3n) is 4.69. The zero-order valence-corrected chi connectivity index (χ0v) is 16.5. The number of carboxylic acids is 1. The number of nitrogens with two attached hydrogens (primary N) is 1. The normalized spacial score (nSPS) is 16.2. The Kier molecular flexibility index (Phi) is 5.08. The van der Waals surface area contributed by atoms with Crippen LogP contribution in [-0.4, -0.2) is 27.0 Å². The van der Waals surface area contributed by atoms with Crippen LogP contribution in [0.5, 0.6) is 0 Å². The van der Waals surface area contributed by atoms with Crippen molar-refractivity contribution in [3.63, 3.8) is 0 Å². The van der Waals surface area contributed by atoms with Crippen LogP contribution in [0.25, 0.3) is 0 Å². The van der Waals surface area contributed by atoms with Crippen molar-refractivity contribution in [1.82, 2.24) is 9.97 Å². The lowest BCUT2D eigenvalue weighted by Gasteiger charge is -2.35. The van der Waals surface area contributed by atoms with Crippen molar-refractivity contribution in [1.29, 1.82) is 0 Å². The first-order chi connectivity index (χ1) is 14.0. The molecule has 8 nitrogen and oxygen atoms in total. The van der Waals surface area contributed by atoms with E-state index in [4.69, 9.17) is 17.3 Å². The van der Waals surface area contributed by atoms with Gasteiger partial charge in [-0.05, 0) is 40.6 Å². The maximum absolute atomic E-state index is 11.9. The smallest absolute Gasteiger partial charge is 0.338 e. The number of carbonyl (C=O) groups excluding carboxylic acids is 1. The molecule has 2 unspecified atom stereocenters. The minimum atomic E-state index is -1.09. The summed E-state index contributed by atoms with van der Waals surface area (Å²) < 4.78 is 0. The number of hydrogen-bond donors (Lipinski definition) is 3. The average Bonchev–Trinajstić information content (AvgIpc) is 3.33. The van der Waals surface area contributed by atoms with Crippen LogP contribution in [0, 0.1) is 0 Å². The Morgan fingerprint density at radius 1 is 1.31 bits per heavy atom.